The molecule has 0 saturated heterocycles. The predicted octanol–water partition coefficient (Wildman–Crippen LogP) is 4.75. The number of hydrogen-bond donors (Lipinski definition) is 3. The molecule has 0 bridgehead atoms. The van der Waals surface area contributed by atoms with Crippen molar-refractivity contribution >= 4 is 36.2 Å². The van der Waals surface area contributed by atoms with E-state index >= 15 is 0 Å². The molecule has 1 atom stereocenters. The zero-order valence-corrected chi connectivity index (χ0v) is 16.7. The van der Waals surface area contributed by atoms with Crippen molar-refractivity contribution in [3.8, 4) is 11.5 Å². The van der Waals surface area contributed by atoms with Crippen LogP contribution in [0.15, 0.2) is 57.4 Å². The molecular formula is C16H12BrF2N2O4PS. The zero-order chi connectivity index (χ0) is 19.8. The van der Waals surface area contributed by atoms with Gasteiger partial charge in [0.1, 0.15) is 5.25 Å². The highest BCUT2D eigenvalue weighted by molar-refractivity contribution is 9.10. The Morgan fingerprint density at radius 2 is 1.81 bits per heavy atom. The molecule has 0 amide bonds. The number of alkyl halides is 2. The maximum Gasteiger partial charge on any atom is 0.399 e. The summed E-state index contributed by atoms with van der Waals surface area (Å²) in [6.45, 7) is 0. The lowest BCUT2D eigenvalue weighted by atomic mass is 10.1. The van der Waals surface area contributed by atoms with E-state index in [1.807, 2.05) is 18.2 Å². The van der Waals surface area contributed by atoms with Gasteiger partial charge in [0.25, 0.3) is 0 Å². The van der Waals surface area contributed by atoms with Crippen LogP contribution in [-0.4, -0.2) is 20.0 Å². The van der Waals surface area contributed by atoms with Crippen LogP contribution >= 0.6 is 36.2 Å². The molecule has 0 radical (unpaired) electrons. The molecule has 0 aliphatic heterocycles. The quantitative estimate of drug-likeness (QED) is 0.363. The minimum atomic E-state index is -5.67. The molecule has 3 aromatic rings. The predicted molar refractivity (Wildman–Crippen MR) is 101 cm³/mol. The summed E-state index contributed by atoms with van der Waals surface area (Å²) in [7, 11) is -5.67. The standard InChI is InChI=1S/C16H12BrF2N2O4PS/c17-12-8-10(6-7-11(12)16(18,19)26(22,23)24)13(27)15-21-20-14(25-15)9-4-2-1-3-5-9/h1-8,13,27H,(H2,22,23,24). The zero-order valence-electron chi connectivity index (χ0n) is 13.3. The first kappa shape index (κ1) is 20.2. The summed E-state index contributed by atoms with van der Waals surface area (Å²) < 4.78 is 44.3. The topological polar surface area (TPSA) is 96.5 Å². The molecule has 2 N–H and O–H groups in total. The van der Waals surface area contributed by atoms with Crippen LogP contribution in [0.25, 0.3) is 11.5 Å². The first-order valence-electron chi connectivity index (χ1n) is 7.41. The minimum Gasteiger partial charge on any atom is -0.419 e. The van der Waals surface area contributed by atoms with Crippen molar-refractivity contribution in [3.63, 3.8) is 0 Å². The van der Waals surface area contributed by atoms with Gasteiger partial charge in [-0.15, -0.1) is 10.2 Å². The van der Waals surface area contributed by atoms with Crippen LogP contribution in [-0.2, 0) is 10.2 Å². The second kappa shape index (κ2) is 7.44. The molecule has 1 aromatic heterocycles. The minimum absolute atomic E-state index is 0.151. The molecule has 0 fully saturated rings. The van der Waals surface area contributed by atoms with Gasteiger partial charge in [-0.2, -0.15) is 21.4 Å². The Kier molecular flexibility index (Phi) is 5.56. The van der Waals surface area contributed by atoms with Crippen LogP contribution in [0.2, 0.25) is 0 Å². The average Bonchev–Trinajstić information content (AvgIpc) is 3.10. The number of hydrogen-bond acceptors (Lipinski definition) is 5. The molecule has 1 unspecified atom stereocenters. The molecule has 0 spiro atoms. The van der Waals surface area contributed by atoms with E-state index in [1.54, 1.807) is 12.1 Å². The van der Waals surface area contributed by atoms with E-state index in [2.05, 4.69) is 38.8 Å². The Labute approximate surface area is 166 Å². The number of benzene rings is 2. The summed E-state index contributed by atoms with van der Waals surface area (Å²) in [5.41, 5.74) is -3.99. The lowest BCUT2D eigenvalue weighted by Crippen LogP contribution is -2.14. The highest BCUT2D eigenvalue weighted by Crippen LogP contribution is 2.60. The van der Waals surface area contributed by atoms with Crippen LogP contribution in [0.5, 0.6) is 0 Å². The maximum atomic E-state index is 13.9. The number of nitrogens with zero attached hydrogens (tertiary/aromatic N) is 2. The van der Waals surface area contributed by atoms with Gasteiger partial charge in [-0.3, -0.25) is 4.57 Å². The van der Waals surface area contributed by atoms with Crippen molar-refractivity contribution in [2.75, 3.05) is 0 Å². The van der Waals surface area contributed by atoms with E-state index in [0.29, 0.717) is 5.56 Å². The van der Waals surface area contributed by atoms with Crippen LogP contribution in [0, 0.1) is 0 Å². The van der Waals surface area contributed by atoms with Crippen LogP contribution in [0.4, 0.5) is 8.78 Å². The Balaban J connectivity index is 1.91. The lowest BCUT2D eigenvalue weighted by Gasteiger charge is -2.20. The average molecular weight is 477 g/mol. The Bertz CT molecular complexity index is 1010. The van der Waals surface area contributed by atoms with Gasteiger partial charge in [0.05, 0.1) is 0 Å². The summed E-state index contributed by atoms with van der Waals surface area (Å²) >= 11 is 7.32. The van der Waals surface area contributed by atoms with Crippen molar-refractivity contribution in [2.24, 2.45) is 0 Å². The third-order valence-electron chi connectivity index (χ3n) is 3.69. The highest BCUT2D eigenvalue weighted by atomic mass is 79.9. The first-order valence-corrected chi connectivity index (χ1v) is 10.3. The van der Waals surface area contributed by atoms with Crippen LogP contribution in [0.1, 0.15) is 22.3 Å². The Morgan fingerprint density at radius 3 is 2.41 bits per heavy atom. The summed E-state index contributed by atoms with van der Waals surface area (Å²) in [6.07, 6.45) is 0. The fraction of sp³-hybridized carbons (Fsp3) is 0.125. The van der Waals surface area contributed by atoms with E-state index in [9.17, 15) is 13.3 Å². The molecule has 0 aliphatic rings. The summed E-state index contributed by atoms with van der Waals surface area (Å²) in [5, 5.41) is 7.15. The van der Waals surface area contributed by atoms with Gasteiger partial charge >= 0.3 is 13.3 Å². The molecule has 2 aromatic carbocycles. The molecule has 142 valence electrons. The molecule has 6 nitrogen and oxygen atoms in total. The van der Waals surface area contributed by atoms with Crippen molar-refractivity contribution in [1.82, 2.24) is 10.2 Å². The van der Waals surface area contributed by atoms with Gasteiger partial charge in [-0.05, 0) is 23.8 Å². The maximum absolute atomic E-state index is 13.9. The largest absolute Gasteiger partial charge is 0.419 e. The molecule has 0 aliphatic carbocycles. The van der Waals surface area contributed by atoms with Gasteiger partial charge in [0, 0.05) is 15.6 Å². The van der Waals surface area contributed by atoms with Crippen molar-refractivity contribution in [3.05, 3.63) is 70.0 Å². The van der Waals surface area contributed by atoms with Crippen molar-refractivity contribution < 1.29 is 27.5 Å². The fourth-order valence-electron chi connectivity index (χ4n) is 2.29. The van der Waals surface area contributed by atoms with E-state index in [-0.39, 0.29) is 16.3 Å². The molecular weight excluding hydrogens is 465 g/mol. The summed E-state index contributed by atoms with van der Waals surface area (Å²) in [6, 6.07) is 12.5. The third-order valence-corrected chi connectivity index (χ3v) is 5.84. The molecule has 3 rings (SSSR count). The van der Waals surface area contributed by atoms with Crippen molar-refractivity contribution in [2.45, 2.75) is 10.9 Å². The summed E-state index contributed by atoms with van der Waals surface area (Å²) in [5.74, 6) is 0.437. The van der Waals surface area contributed by atoms with Crippen LogP contribution in [0.3, 0.4) is 0 Å². The smallest absolute Gasteiger partial charge is 0.399 e. The lowest BCUT2D eigenvalue weighted by molar-refractivity contribution is 0.0557. The third kappa shape index (κ3) is 4.00. The van der Waals surface area contributed by atoms with Gasteiger partial charge in [0.15, 0.2) is 0 Å². The Hall–Kier alpha value is -1.58. The van der Waals surface area contributed by atoms with Gasteiger partial charge < -0.3 is 14.2 Å². The molecule has 11 heteroatoms. The number of halogens is 3. The monoisotopic (exact) mass is 476 g/mol. The van der Waals surface area contributed by atoms with Gasteiger partial charge in [0.2, 0.25) is 11.8 Å². The normalized spacial score (nSPS) is 13.6. The second-order valence-corrected chi connectivity index (χ2v) is 8.56. The van der Waals surface area contributed by atoms with E-state index in [4.69, 9.17) is 14.2 Å². The molecule has 27 heavy (non-hydrogen) atoms. The molecule has 1 heterocycles. The summed E-state index contributed by atoms with van der Waals surface area (Å²) in [4.78, 5) is 17.8. The van der Waals surface area contributed by atoms with E-state index < -0.39 is 24.1 Å². The number of rotatable bonds is 5. The van der Waals surface area contributed by atoms with E-state index in [0.717, 1.165) is 11.6 Å². The van der Waals surface area contributed by atoms with E-state index in [1.165, 1.54) is 12.1 Å². The fourth-order valence-corrected chi connectivity index (χ4v) is 3.86. The number of aromatic nitrogens is 2. The number of thiol groups is 1. The van der Waals surface area contributed by atoms with Crippen LogP contribution < -0.4 is 0 Å². The second-order valence-electron chi connectivity index (χ2n) is 5.54. The highest BCUT2D eigenvalue weighted by Gasteiger charge is 2.51. The first-order chi connectivity index (χ1) is 12.6. The molecule has 0 saturated carbocycles. The Morgan fingerprint density at radius 1 is 1.15 bits per heavy atom. The SMILES string of the molecule is O=P(O)(O)C(F)(F)c1ccc(C(S)c2nnc(-c3ccccc3)o2)cc1Br. The van der Waals surface area contributed by atoms with Gasteiger partial charge in [-0.1, -0.05) is 46.3 Å². The van der Waals surface area contributed by atoms with Crippen molar-refractivity contribution in [1.29, 1.82) is 0 Å². The van der Waals surface area contributed by atoms with Gasteiger partial charge in [-0.25, -0.2) is 0 Å².